The molecule has 1 saturated heterocycles. The Morgan fingerprint density at radius 1 is 1.14 bits per heavy atom. The van der Waals surface area contributed by atoms with Crippen LogP contribution < -0.4 is 11.1 Å². The van der Waals surface area contributed by atoms with Gasteiger partial charge in [-0.2, -0.15) is 23.5 Å². The molecule has 3 amide bonds. The number of nitrogens with two attached hydrogens (primary N) is 1. The highest BCUT2D eigenvalue weighted by Crippen LogP contribution is 2.36. The van der Waals surface area contributed by atoms with Gasteiger partial charge in [0, 0.05) is 57.1 Å². The van der Waals surface area contributed by atoms with Crippen molar-refractivity contribution in [3.8, 4) is 17.3 Å². The minimum atomic E-state index is -4.83. The van der Waals surface area contributed by atoms with Crippen LogP contribution in [-0.2, 0) is 24.6 Å². The van der Waals surface area contributed by atoms with Crippen molar-refractivity contribution in [3.63, 3.8) is 0 Å². The molecular weight excluding hydrogens is 586 g/mol. The first-order valence-electron chi connectivity index (χ1n) is 13.8. The van der Waals surface area contributed by atoms with Gasteiger partial charge in [-0.15, -0.1) is 0 Å². The van der Waals surface area contributed by atoms with E-state index in [1.807, 2.05) is 0 Å². The number of carbonyl (C=O) groups excluding carboxylic acids is 3. The fraction of sp³-hybridized carbons (Fsp3) is 0.429. The molecule has 1 aliphatic heterocycles. The number of aryl methyl sites for hydroxylation is 1. The van der Waals surface area contributed by atoms with E-state index in [1.54, 1.807) is 11.0 Å². The molecule has 5 rings (SSSR count). The number of aromatic nitrogens is 4. The molecule has 0 spiro atoms. The van der Waals surface area contributed by atoms with E-state index in [0.717, 1.165) is 27.7 Å². The van der Waals surface area contributed by atoms with E-state index < -0.39 is 36.0 Å². The zero-order valence-electron chi connectivity index (χ0n) is 23.9. The zero-order valence-corrected chi connectivity index (χ0v) is 23.9. The predicted molar refractivity (Wildman–Crippen MR) is 147 cm³/mol. The largest absolute Gasteiger partial charge is 0.435 e. The van der Waals surface area contributed by atoms with Crippen molar-refractivity contribution in [1.29, 1.82) is 5.26 Å². The molecule has 2 fully saturated rings. The van der Waals surface area contributed by atoms with Gasteiger partial charge in [-0.3, -0.25) is 19.1 Å². The number of rotatable bonds is 6. The number of hydrogen-bond donors (Lipinski definition) is 2. The smallest absolute Gasteiger partial charge is 0.339 e. The van der Waals surface area contributed by atoms with Gasteiger partial charge < -0.3 is 25.4 Å². The molecule has 0 unspecified atom stereocenters. The number of carbonyl (C=O) groups is 3. The molecule has 3 aromatic rings. The van der Waals surface area contributed by atoms with E-state index in [4.69, 9.17) is 11.0 Å². The Balaban J connectivity index is 1.28. The van der Waals surface area contributed by atoms with Gasteiger partial charge in [-0.25, -0.2) is 9.37 Å². The first kappa shape index (κ1) is 30.7. The second kappa shape index (κ2) is 11.7. The average molecular weight is 616 g/mol. The number of amides is 3. The van der Waals surface area contributed by atoms with Crippen LogP contribution in [0, 0.1) is 30.0 Å². The van der Waals surface area contributed by atoms with E-state index in [0.29, 0.717) is 25.9 Å². The van der Waals surface area contributed by atoms with Crippen molar-refractivity contribution in [2.45, 2.75) is 38.5 Å². The lowest BCUT2D eigenvalue weighted by Gasteiger charge is -2.40. The highest BCUT2D eigenvalue weighted by atomic mass is 19.4. The van der Waals surface area contributed by atoms with Crippen LogP contribution in [0.15, 0.2) is 24.5 Å². The number of hydrogen-bond acceptors (Lipinski definition) is 7. The molecule has 1 aliphatic carbocycles. The minimum absolute atomic E-state index is 0.0121. The van der Waals surface area contributed by atoms with Gasteiger partial charge in [0.1, 0.15) is 12.4 Å². The normalized spacial score (nSPS) is 18.5. The third-order valence-electron chi connectivity index (χ3n) is 7.89. The van der Waals surface area contributed by atoms with Crippen LogP contribution in [0.3, 0.4) is 0 Å². The summed E-state index contributed by atoms with van der Waals surface area (Å²) in [5.74, 6) is -2.57. The van der Waals surface area contributed by atoms with Crippen LogP contribution in [-0.4, -0.2) is 79.1 Å². The molecule has 3 N–H and O–H groups in total. The van der Waals surface area contributed by atoms with E-state index in [1.165, 1.54) is 24.9 Å². The van der Waals surface area contributed by atoms with Crippen molar-refractivity contribution < 1.29 is 31.9 Å². The van der Waals surface area contributed by atoms with Gasteiger partial charge in [0.2, 0.25) is 5.91 Å². The van der Waals surface area contributed by atoms with Crippen molar-refractivity contribution in [2.75, 3.05) is 31.5 Å². The first-order valence-corrected chi connectivity index (χ1v) is 13.8. The number of alkyl halides is 3. The highest BCUT2D eigenvalue weighted by Gasteiger charge is 2.39. The molecule has 1 aromatic carbocycles. The summed E-state index contributed by atoms with van der Waals surface area (Å²) in [7, 11) is 1.33. The van der Waals surface area contributed by atoms with Crippen LogP contribution >= 0.6 is 0 Å². The molecule has 16 heteroatoms. The summed E-state index contributed by atoms with van der Waals surface area (Å²) in [6.07, 6.45) is -1.41. The van der Waals surface area contributed by atoms with E-state index >= 15 is 4.39 Å². The monoisotopic (exact) mass is 615 g/mol. The van der Waals surface area contributed by atoms with Crippen LogP contribution in [0.4, 0.5) is 23.2 Å². The summed E-state index contributed by atoms with van der Waals surface area (Å²) in [6.45, 7) is 2.26. The van der Waals surface area contributed by atoms with Crippen LogP contribution in [0.1, 0.15) is 45.1 Å². The Morgan fingerprint density at radius 3 is 2.39 bits per heavy atom. The highest BCUT2D eigenvalue weighted by molar-refractivity contribution is 6.03. The molecule has 2 aromatic heterocycles. The third kappa shape index (κ3) is 5.87. The van der Waals surface area contributed by atoms with Crippen molar-refractivity contribution >= 4 is 23.4 Å². The summed E-state index contributed by atoms with van der Waals surface area (Å²) >= 11 is 0. The molecule has 0 atom stereocenters. The number of halogens is 4. The Labute approximate surface area is 249 Å². The number of benzene rings is 1. The molecule has 12 nitrogen and oxygen atoms in total. The second-order valence-corrected chi connectivity index (χ2v) is 10.9. The first-order chi connectivity index (χ1) is 20.8. The van der Waals surface area contributed by atoms with E-state index in [2.05, 4.69) is 15.4 Å². The average Bonchev–Trinajstić information content (AvgIpc) is 3.54. The summed E-state index contributed by atoms with van der Waals surface area (Å²) < 4.78 is 58.1. The van der Waals surface area contributed by atoms with Crippen molar-refractivity contribution in [1.82, 2.24) is 29.1 Å². The van der Waals surface area contributed by atoms with Gasteiger partial charge in [0.25, 0.3) is 11.8 Å². The molecule has 1 saturated carbocycles. The fourth-order valence-electron chi connectivity index (χ4n) is 5.53. The van der Waals surface area contributed by atoms with Crippen molar-refractivity contribution in [3.05, 3.63) is 53.0 Å². The number of nitriles is 1. The summed E-state index contributed by atoms with van der Waals surface area (Å²) in [6, 6.07) is 4.16. The van der Waals surface area contributed by atoms with Crippen LogP contribution in [0.5, 0.6) is 0 Å². The quantitative estimate of drug-likeness (QED) is 0.404. The third-order valence-corrected chi connectivity index (χ3v) is 7.89. The number of nitrogens with zero attached hydrogens (tertiary/aromatic N) is 7. The molecule has 0 bridgehead atoms. The summed E-state index contributed by atoms with van der Waals surface area (Å²) in [5, 5.41) is 14.8. The Morgan fingerprint density at radius 2 is 1.80 bits per heavy atom. The number of nitrogens with one attached hydrogen (secondary N) is 1. The Bertz CT molecular complexity index is 1640. The van der Waals surface area contributed by atoms with Gasteiger partial charge in [0.15, 0.2) is 11.5 Å². The van der Waals surface area contributed by atoms with Crippen LogP contribution in [0.25, 0.3) is 11.3 Å². The lowest BCUT2D eigenvalue weighted by Crippen LogP contribution is -2.54. The Kier molecular flexibility index (Phi) is 8.17. The van der Waals surface area contributed by atoms with Crippen LogP contribution in [0.2, 0.25) is 0 Å². The van der Waals surface area contributed by atoms with Gasteiger partial charge in [0.05, 0.1) is 29.1 Å². The molecule has 44 heavy (non-hydrogen) atoms. The maximum absolute atomic E-state index is 15.3. The molecular formula is C28H29F4N9O3. The van der Waals surface area contributed by atoms with Gasteiger partial charge in [-0.1, -0.05) is 0 Å². The number of anilines is 1. The van der Waals surface area contributed by atoms with Gasteiger partial charge >= 0.3 is 6.18 Å². The lowest BCUT2D eigenvalue weighted by atomic mass is 9.80. The second-order valence-electron chi connectivity index (χ2n) is 10.9. The zero-order chi connectivity index (χ0) is 31.9. The van der Waals surface area contributed by atoms with Gasteiger partial charge in [-0.05, 0) is 37.5 Å². The Hall–Kier alpha value is -4.78. The number of imidazole rings is 1. The fourth-order valence-corrected chi connectivity index (χ4v) is 5.53. The predicted octanol–water partition coefficient (Wildman–Crippen LogP) is 2.55. The molecule has 0 radical (unpaired) electrons. The summed E-state index contributed by atoms with van der Waals surface area (Å²) in [4.78, 5) is 45.9. The number of piperazine rings is 1. The maximum atomic E-state index is 15.3. The van der Waals surface area contributed by atoms with Crippen molar-refractivity contribution in [2.24, 2.45) is 18.7 Å². The topological polar surface area (TPSA) is 155 Å². The SMILES string of the molecule is Cc1cc(NC(=O)c2ncc(-c3cn(CC#N)nc3C(F)(F)F)n2C)cc(F)c1C(=O)N1CCN(C(=O)[C@H]2C[C@H](N)C2)CC1. The van der Waals surface area contributed by atoms with E-state index in [-0.39, 0.29) is 64.9 Å². The van der Waals surface area contributed by atoms with E-state index in [9.17, 15) is 27.6 Å². The molecule has 2 aliphatic rings. The molecule has 232 valence electrons. The summed E-state index contributed by atoms with van der Waals surface area (Å²) in [5.41, 5.74) is 4.20. The maximum Gasteiger partial charge on any atom is 0.435 e. The minimum Gasteiger partial charge on any atom is -0.339 e. The standard InChI is InChI=1S/C28H29F4N9O3/c1-15-9-18(12-20(29)22(15)27(44)40-7-5-39(6-8-40)26(43)16-10-17(34)11-16)36-25(42)24-35-13-21(38(24)2)19-14-41(4-3-33)37-23(19)28(30,31)32/h9,12-14,16-17H,4-8,10-11,34H2,1-2H3,(H,36,42)/t16-,17-. The lowest BCUT2D eigenvalue weighted by molar-refractivity contribution is -0.141. The molecule has 3 heterocycles.